The molecule has 0 aromatic heterocycles. The lowest BCUT2D eigenvalue weighted by molar-refractivity contribution is 0.0600. The monoisotopic (exact) mass is 337 g/mol. The molecule has 1 N–H and O–H groups in total. The molecule has 2 aromatic rings. The van der Waals surface area contributed by atoms with Gasteiger partial charge in [-0.05, 0) is 48.4 Å². The van der Waals surface area contributed by atoms with E-state index >= 15 is 0 Å². The molecule has 0 aliphatic carbocycles. The van der Waals surface area contributed by atoms with Crippen LogP contribution in [0.4, 0.5) is 4.39 Å². The number of aryl methyl sites for hydroxylation is 1. The normalized spacial score (nSPS) is 11.3. The van der Waals surface area contributed by atoms with Gasteiger partial charge in [-0.15, -0.1) is 0 Å². The summed E-state index contributed by atoms with van der Waals surface area (Å²) >= 11 is 0. The van der Waals surface area contributed by atoms with Gasteiger partial charge < -0.3 is 4.74 Å². The molecule has 2 rings (SSSR count). The molecule has 23 heavy (non-hydrogen) atoms. The zero-order valence-corrected chi connectivity index (χ0v) is 13.5. The molecule has 0 saturated heterocycles. The van der Waals surface area contributed by atoms with E-state index in [0.29, 0.717) is 11.1 Å². The van der Waals surface area contributed by atoms with Gasteiger partial charge in [0.2, 0.25) is 10.0 Å². The van der Waals surface area contributed by atoms with E-state index in [0.717, 1.165) is 0 Å². The minimum Gasteiger partial charge on any atom is -0.465 e. The van der Waals surface area contributed by atoms with Gasteiger partial charge in [0.25, 0.3) is 0 Å². The quantitative estimate of drug-likeness (QED) is 0.851. The van der Waals surface area contributed by atoms with Gasteiger partial charge in [-0.2, -0.15) is 0 Å². The van der Waals surface area contributed by atoms with Gasteiger partial charge >= 0.3 is 5.97 Å². The maximum absolute atomic E-state index is 13.5. The lowest BCUT2D eigenvalue weighted by Gasteiger charge is -2.08. The summed E-state index contributed by atoms with van der Waals surface area (Å²) in [7, 11) is -2.51. The van der Waals surface area contributed by atoms with Gasteiger partial charge in [0.1, 0.15) is 5.82 Å². The number of sulfonamides is 1. The number of rotatable bonds is 5. The van der Waals surface area contributed by atoms with Gasteiger partial charge in [0.05, 0.1) is 17.6 Å². The summed E-state index contributed by atoms with van der Waals surface area (Å²) in [6.45, 7) is 1.60. The zero-order valence-electron chi connectivity index (χ0n) is 12.7. The van der Waals surface area contributed by atoms with E-state index in [1.165, 1.54) is 37.4 Å². The Morgan fingerprint density at radius 1 is 1.17 bits per heavy atom. The molecule has 0 aliphatic rings. The predicted molar refractivity (Wildman–Crippen MR) is 82.9 cm³/mol. The average molecular weight is 337 g/mol. The van der Waals surface area contributed by atoms with Crippen molar-refractivity contribution < 1.29 is 22.3 Å². The Hall–Kier alpha value is -2.25. The number of halogens is 1. The second-order valence-electron chi connectivity index (χ2n) is 4.92. The maximum Gasteiger partial charge on any atom is 0.337 e. The molecule has 5 nitrogen and oxygen atoms in total. The number of methoxy groups -OCH3 is 1. The smallest absolute Gasteiger partial charge is 0.337 e. The average Bonchev–Trinajstić information content (AvgIpc) is 2.55. The van der Waals surface area contributed by atoms with Crippen molar-refractivity contribution in [2.24, 2.45) is 0 Å². The molecule has 0 bridgehead atoms. The summed E-state index contributed by atoms with van der Waals surface area (Å²) < 4.78 is 44.8. The fraction of sp³-hybridized carbons (Fsp3) is 0.188. The van der Waals surface area contributed by atoms with Crippen molar-refractivity contribution in [2.45, 2.75) is 18.4 Å². The van der Waals surface area contributed by atoms with Gasteiger partial charge in [0.15, 0.2) is 0 Å². The number of carbonyl (C=O) groups excluding carboxylic acids is 1. The first-order valence-electron chi connectivity index (χ1n) is 6.76. The van der Waals surface area contributed by atoms with Crippen LogP contribution in [0.15, 0.2) is 47.4 Å². The Kier molecular flexibility index (Phi) is 5.12. The van der Waals surface area contributed by atoms with Crippen molar-refractivity contribution in [3.8, 4) is 0 Å². The summed E-state index contributed by atoms with van der Waals surface area (Å²) in [6.07, 6.45) is 0. The van der Waals surface area contributed by atoms with Crippen LogP contribution in [0, 0.1) is 12.7 Å². The van der Waals surface area contributed by atoms with Gasteiger partial charge in [-0.1, -0.05) is 12.1 Å². The third-order valence-corrected chi connectivity index (χ3v) is 4.71. The highest BCUT2D eigenvalue weighted by Gasteiger charge is 2.15. The van der Waals surface area contributed by atoms with E-state index in [1.54, 1.807) is 19.1 Å². The zero-order chi connectivity index (χ0) is 17.0. The summed E-state index contributed by atoms with van der Waals surface area (Å²) in [5.74, 6) is -0.929. The molecule has 0 unspecified atom stereocenters. The molecule has 0 radical (unpaired) electrons. The van der Waals surface area contributed by atoms with E-state index < -0.39 is 16.0 Å². The van der Waals surface area contributed by atoms with Crippen LogP contribution in [-0.4, -0.2) is 21.5 Å². The highest BCUT2D eigenvalue weighted by molar-refractivity contribution is 7.89. The molecular weight excluding hydrogens is 321 g/mol. The van der Waals surface area contributed by atoms with Gasteiger partial charge in [-0.3, -0.25) is 0 Å². The fourth-order valence-electron chi connectivity index (χ4n) is 1.90. The molecule has 0 aliphatic heterocycles. The van der Waals surface area contributed by atoms with Crippen molar-refractivity contribution in [1.82, 2.24) is 4.72 Å². The second kappa shape index (κ2) is 6.89. The summed E-state index contributed by atoms with van der Waals surface area (Å²) in [5.41, 5.74) is 1.27. The van der Waals surface area contributed by atoms with E-state index in [9.17, 15) is 17.6 Å². The minimum atomic E-state index is -3.76. The molecule has 0 atom stereocenters. The number of hydrogen-bond acceptors (Lipinski definition) is 4. The number of ether oxygens (including phenoxy) is 1. The summed E-state index contributed by atoms with van der Waals surface area (Å²) in [4.78, 5) is 11.3. The van der Waals surface area contributed by atoms with Crippen LogP contribution in [0.1, 0.15) is 21.5 Å². The van der Waals surface area contributed by atoms with Gasteiger partial charge in [-0.25, -0.2) is 22.3 Å². The third-order valence-electron chi connectivity index (χ3n) is 3.29. The van der Waals surface area contributed by atoms with E-state index in [-0.39, 0.29) is 22.8 Å². The Bertz CT molecular complexity index is 816. The van der Waals surface area contributed by atoms with Crippen LogP contribution in [0.3, 0.4) is 0 Å². The molecule has 7 heteroatoms. The van der Waals surface area contributed by atoms with Crippen LogP contribution in [0.25, 0.3) is 0 Å². The van der Waals surface area contributed by atoms with E-state index in [4.69, 9.17) is 0 Å². The van der Waals surface area contributed by atoms with Gasteiger partial charge in [0, 0.05) is 6.54 Å². The Morgan fingerprint density at radius 3 is 2.39 bits per heavy atom. The first-order chi connectivity index (χ1) is 10.8. The van der Waals surface area contributed by atoms with Crippen LogP contribution in [-0.2, 0) is 21.3 Å². The number of nitrogens with one attached hydrogen (secondary N) is 1. The molecular formula is C16H16FNO4S. The Labute approximate surface area is 134 Å². The first kappa shape index (κ1) is 17.1. The summed E-state index contributed by atoms with van der Waals surface area (Å²) in [5, 5.41) is 0. The SMILES string of the molecule is COC(=O)c1ccc(S(=O)(=O)NCc2ccc(C)c(F)c2)cc1. The van der Waals surface area contributed by atoms with E-state index in [1.807, 2.05) is 0 Å². The third kappa shape index (κ3) is 4.14. The number of carbonyl (C=O) groups is 1. The standard InChI is InChI=1S/C16H16FNO4S/c1-11-3-4-12(9-15(11)17)10-18-23(20,21)14-7-5-13(6-8-14)16(19)22-2/h3-9,18H,10H2,1-2H3. The fourth-order valence-corrected chi connectivity index (χ4v) is 2.91. The molecule has 0 heterocycles. The highest BCUT2D eigenvalue weighted by Crippen LogP contribution is 2.13. The second-order valence-corrected chi connectivity index (χ2v) is 6.69. The topological polar surface area (TPSA) is 72.5 Å². The number of hydrogen-bond donors (Lipinski definition) is 1. The Morgan fingerprint density at radius 2 is 1.83 bits per heavy atom. The van der Waals surface area contributed by atoms with Crippen LogP contribution < -0.4 is 4.72 Å². The predicted octanol–water partition coefficient (Wildman–Crippen LogP) is 2.40. The molecule has 2 aromatic carbocycles. The number of esters is 1. The Balaban J connectivity index is 2.12. The molecule has 0 amide bonds. The van der Waals surface area contributed by atoms with E-state index in [2.05, 4.69) is 9.46 Å². The van der Waals surface area contributed by atoms with Crippen molar-refractivity contribution >= 4 is 16.0 Å². The lowest BCUT2D eigenvalue weighted by Crippen LogP contribution is -2.23. The molecule has 0 spiro atoms. The highest BCUT2D eigenvalue weighted by atomic mass is 32.2. The maximum atomic E-state index is 13.5. The van der Waals surface area contributed by atoms with Crippen molar-refractivity contribution in [3.05, 3.63) is 65.0 Å². The molecule has 122 valence electrons. The van der Waals surface area contributed by atoms with Crippen molar-refractivity contribution in [3.63, 3.8) is 0 Å². The lowest BCUT2D eigenvalue weighted by atomic mass is 10.1. The first-order valence-corrected chi connectivity index (χ1v) is 8.25. The van der Waals surface area contributed by atoms with Crippen molar-refractivity contribution in [2.75, 3.05) is 7.11 Å². The minimum absolute atomic E-state index is 0.0118. The largest absolute Gasteiger partial charge is 0.465 e. The van der Waals surface area contributed by atoms with Crippen LogP contribution in [0.2, 0.25) is 0 Å². The number of benzene rings is 2. The molecule has 0 saturated carbocycles. The van der Waals surface area contributed by atoms with Crippen LogP contribution >= 0.6 is 0 Å². The molecule has 0 fully saturated rings. The summed E-state index contributed by atoms with van der Waals surface area (Å²) in [6, 6.07) is 9.89. The van der Waals surface area contributed by atoms with Crippen LogP contribution in [0.5, 0.6) is 0 Å². The van der Waals surface area contributed by atoms with Crippen molar-refractivity contribution in [1.29, 1.82) is 0 Å².